The third-order valence-electron chi connectivity index (χ3n) is 2.95. The molecule has 2 rings (SSSR count). The molecular weight excluding hydrogens is 264 g/mol. The average molecular weight is 286 g/mol. The second-order valence-corrected chi connectivity index (χ2v) is 5.02. The first kappa shape index (κ1) is 15.3. The Morgan fingerprint density at radius 3 is 2.86 bits per heavy atom. The summed E-state index contributed by atoms with van der Waals surface area (Å²) in [6, 6.07) is 7.88. The van der Waals surface area contributed by atoms with Gasteiger partial charge in [-0.05, 0) is 25.1 Å². The summed E-state index contributed by atoms with van der Waals surface area (Å²) >= 11 is 0. The first-order valence-corrected chi connectivity index (χ1v) is 7.16. The van der Waals surface area contributed by atoms with Crippen molar-refractivity contribution >= 4 is 5.69 Å². The van der Waals surface area contributed by atoms with Gasteiger partial charge in [0.05, 0.1) is 11.9 Å². The molecule has 1 N–H and O–H groups in total. The average Bonchev–Trinajstić information content (AvgIpc) is 2.48. The Morgan fingerprint density at radius 1 is 1.24 bits per heavy atom. The number of nitrogens with zero attached hydrogens (tertiary/aromatic N) is 3. The summed E-state index contributed by atoms with van der Waals surface area (Å²) in [5.41, 5.74) is 1.96. The number of nitrogens with one attached hydrogen (secondary N) is 1. The number of ether oxygens (including phenoxy) is 1. The molecule has 112 valence electrons. The van der Waals surface area contributed by atoms with Gasteiger partial charge in [0.15, 0.2) is 0 Å². The summed E-state index contributed by atoms with van der Waals surface area (Å²) in [4.78, 5) is 10.7. The molecule has 1 aromatic heterocycles. The van der Waals surface area contributed by atoms with Crippen LogP contribution in [0.15, 0.2) is 36.7 Å². The van der Waals surface area contributed by atoms with Gasteiger partial charge >= 0.3 is 0 Å². The van der Waals surface area contributed by atoms with E-state index in [0.29, 0.717) is 12.4 Å². The van der Waals surface area contributed by atoms with Crippen LogP contribution >= 0.6 is 0 Å². The molecule has 0 radical (unpaired) electrons. The SMILES string of the molecule is CCCNCc1cncc(Oc2cccc(N(C)C)c2)n1. The third-order valence-corrected chi connectivity index (χ3v) is 2.95. The second kappa shape index (κ2) is 7.59. The minimum Gasteiger partial charge on any atom is -0.437 e. The molecule has 0 bridgehead atoms. The quantitative estimate of drug-likeness (QED) is 0.793. The Balaban J connectivity index is 2.05. The molecule has 0 saturated carbocycles. The topological polar surface area (TPSA) is 50.3 Å². The number of anilines is 1. The fourth-order valence-corrected chi connectivity index (χ4v) is 1.86. The summed E-state index contributed by atoms with van der Waals surface area (Å²) in [6.45, 7) is 3.81. The second-order valence-electron chi connectivity index (χ2n) is 5.02. The van der Waals surface area contributed by atoms with Crippen molar-refractivity contribution in [2.24, 2.45) is 0 Å². The van der Waals surface area contributed by atoms with E-state index in [0.717, 1.165) is 30.1 Å². The van der Waals surface area contributed by atoms with Crippen molar-refractivity contribution in [2.45, 2.75) is 19.9 Å². The largest absolute Gasteiger partial charge is 0.437 e. The monoisotopic (exact) mass is 286 g/mol. The maximum absolute atomic E-state index is 5.79. The van der Waals surface area contributed by atoms with Gasteiger partial charge < -0.3 is 15.0 Å². The van der Waals surface area contributed by atoms with Crippen LogP contribution in [0.3, 0.4) is 0 Å². The van der Waals surface area contributed by atoms with Gasteiger partial charge in [-0.25, -0.2) is 4.98 Å². The van der Waals surface area contributed by atoms with Crippen LogP contribution in [0.5, 0.6) is 11.6 Å². The molecule has 0 saturated heterocycles. The number of benzene rings is 1. The number of hydrogen-bond acceptors (Lipinski definition) is 5. The minimum atomic E-state index is 0.515. The zero-order valence-corrected chi connectivity index (χ0v) is 12.8. The van der Waals surface area contributed by atoms with Gasteiger partial charge in [-0.3, -0.25) is 4.98 Å². The number of rotatable bonds is 7. The normalized spacial score (nSPS) is 10.4. The van der Waals surface area contributed by atoms with E-state index >= 15 is 0 Å². The van der Waals surface area contributed by atoms with Crippen molar-refractivity contribution in [3.63, 3.8) is 0 Å². The van der Waals surface area contributed by atoms with E-state index in [2.05, 4.69) is 22.2 Å². The van der Waals surface area contributed by atoms with Gasteiger partial charge in [-0.2, -0.15) is 0 Å². The summed E-state index contributed by atoms with van der Waals surface area (Å²) < 4.78 is 5.79. The van der Waals surface area contributed by atoms with Crippen molar-refractivity contribution in [1.29, 1.82) is 0 Å². The zero-order valence-electron chi connectivity index (χ0n) is 12.8. The first-order chi connectivity index (χ1) is 10.2. The maximum Gasteiger partial charge on any atom is 0.238 e. The molecule has 0 aliphatic heterocycles. The highest BCUT2D eigenvalue weighted by Gasteiger charge is 2.03. The zero-order chi connectivity index (χ0) is 15.1. The van der Waals surface area contributed by atoms with Crippen molar-refractivity contribution < 1.29 is 4.74 Å². The Bertz CT molecular complexity index is 572. The standard InChI is InChI=1S/C16H22N4O/c1-4-8-17-10-13-11-18-12-16(19-13)21-15-7-5-6-14(9-15)20(2)3/h5-7,9,11-12,17H,4,8,10H2,1-3H3. The van der Waals surface area contributed by atoms with Crippen molar-refractivity contribution in [3.05, 3.63) is 42.4 Å². The summed E-state index contributed by atoms with van der Waals surface area (Å²) in [5.74, 6) is 1.27. The molecule has 21 heavy (non-hydrogen) atoms. The van der Waals surface area contributed by atoms with Crippen LogP contribution in [0.1, 0.15) is 19.0 Å². The highest BCUT2D eigenvalue weighted by molar-refractivity contribution is 5.49. The van der Waals surface area contributed by atoms with Crippen LogP contribution in [0.25, 0.3) is 0 Å². The maximum atomic E-state index is 5.79. The molecule has 0 unspecified atom stereocenters. The molecule has 0 amide bonds. The van der Waals surface area contributed by atoms with Gasteiger partial charge in [0.25, 0.3) is 0 Å². The molecule has 5 heteroatoms. The van der Waals surface area contributed by atoms with Crippen LogP contribution in [0, 0.1) is 0 Å². The summed E-state index contributed by atoms with van der Waals surface area (Å²) in [7, 11) is 4.00. The molecule has 1 heterocycles. The Hall–Kier alpha value is -2.14. The van der Waals surface area contributed by atoms with Gasteiger partial charge in [0.1, 0.15) is 5.75 Å². The molecule has 0 aliphatic rings. The summed E-state index contributed by atoms with van der Waals surface area (Å²) in [5, 5.41) is 3.30. The van der Waals surface area contributed by atoms with Crippen molar-refractivity contribution in [2.75, 3.05) is 25.5 Å². The lowest BCUT2D eigenvalue weighted by Gasteiger charge is -2.13. The predicted molar refractivity (Wildman–Crippen MR) is 84.9 cm³/mol. The van der Waals surface area contributed by atoms with Crippen LogP contribution in [0.2, 0.25) is 0 Å². The van der Waals surface area contributed by atoms with Crippen LogP contribution in [-0.2, 0) is 6.54 Å². The van der Waals surface area contributed by atoms with Crippen LogP contribution < -0.4 is 15.0 Å². The molecule has 0 spiro atoms. The van der Waals surface area contributed by atoms with E-state index in [4.69, 9.17) is 4.74 Å². The highest BCUT2D eigenvalue weighted by atomic mass is 16.5. The minimum absolute atomic E-state index is 0.515. The van der Waals surface area contributed by atoms with Gasteiger partial charge in [0.2, 0.25) is 5.88 Å². The highest BCUT2D eigenvalue weighted by Crippen LogP contribution is 2.23. The van der Waals surface area contributed by atoms with Crippen LogP contribution in [-0.4, -0.2) is 30.6 Å². The molecule has 0 aliphatic carbocycles. The Labute approximate surface area is 126 Å². The van der Waals surface area contributed by atoms with E-state index < -0.39 is 0 Å². The fourth-order valence-electron chi connectivity index (χ4n) is 1.86. The molecule has 0 atom stereocenters. The number of hydrogen-bond donors (Lipinski definition) is 1. The molecular formula is C16H22N4O. The first-order valence-electron chi connectivity index (χ1n) is 7.16. The molecule has 2 aromatic rings. The van der Waals surface area contributed by atoms with Crippen molar-refractivity contribution in [1.82, 2.24) is 15.3 Å². The smallest absolute Gasteiger partial charge is 0.238 e. The van der Waals surface area contributed by atoms with E-state index in [1.165, 1.54) is 0 Å². The molecule has 5 nitrogen and oxygen atoms in total. The lowest BCUT2D eigenvalue weighted by Crippen LogP contribution is -2.15. The van der Waals surface area contributed by atoms with E-state index in [1.807, 2.05) is 43.3 Å². The Morgan fingerprint density at radius 2 is 2.10 bits per heavy atom. The molecule has 0 fully saturated rings. The lowest BCUT2D eigenvalue weighted by molar-refractivity contribution is 0.456. The summed E-state index contributed by atoms with van der Waals surface area (Å²) in [6.07, 6.45) is 4.48. The van der Waals surface area contributed by atoms with E-state index in [-0.39, 0.29) is 0 Å². The number of aromatic nitrogens is 2. The van der Waals surface area contributed by atoms with Gasteiger partial charge in [0, 0.05) is 38.6 Å². The Kier molecular flexibility index (Phi) is 5.51. The van der Waals surface area contributed by atoms with Crippen molar-refractivity contribution in [3.8, 4) is 11.6 Å². The van der Waals surface area contributed by atoms with Crippen LogP contribution in [0.4, 0.5) is 5.69 Å². The van der Waals surface area contributed by atoms with Gasteiger partial charge in [-0.1, -0.05) is 13.0 Å². The molecule has 1 aromatic carbocycles. The van der Waals surface area contributed by atoms with E-state index in [9.17, 15) is 0 Å². The predicted octanol–water partition coefficient (Wildman–Crippen LogP) is 2.83. The lowest BCUT2D eigenvalue weighted by atomic mass is 10.3. The van der Waals surface area contributed by atoms with E-state index in [1.54, 1.807) is 12.4 Å². The third kappa shape index (κ3) is 4.72. The van der Waals surface area contributed by atoms with Gasteiger partial charge in [-0.15, -0.1) is 0 Å². The fraction of sp³-hybridized carbons (Fsp3) is 0.375.